The van der Waals surface area contributed by atoms with Crippen LogP contribution in [0.5, 0.6) is 11.5 Å². The number of benzene rings is 1. The molecule has 1 aromatic carbocycles. The van der Waals surface area contributed by atoms with Gasteiger partial charge >= 0.3 is 20.1 Å². The van der Waals surface area contributed by atoms with E-state index in [9.17, 15) is 0 Å². The van der Waals surface area contributed by atoms with Crippen molar-refractivity contribution in [1.29, 1.82) is 0 Å². The molecule has 0 saturated heterocycles. The van der Waals surface area contributed by atoms with E-state index < -0.39 is 16.3 Å². The SMILES string of the molecule is CC(C)(C)P(Oc1[c-]c(OP(C(C)(C)C)C(C)(C)C)ccc1)C(C)(C)C.[Cl-].[H-].[Ir+3]. The van der Waals surface area contributed by atoms with Crippen LogP contribution < -0.4 is 21.5 Å². The Morgan fingerprint density at radius 1 is 0.643 bits per heavy atom. The molecule has 0 N–H and O–H groups in total. The monoisotopic (exact) mass is 626 g/mol. The molecule has 0 heterocycles. The molecule has 0 aliphatic rings. The van der Waals surface area contributed by atoms with Crippen LogP contribution in [-0.4, -0.2) is 20.6 Å². The van der Waals surface area contributed by atoms with E-state index in [-0.39, 0.29) is 54.6 Å². The van der Waals surface area contributed by atoms with Gasteiger partial charge in [0.25, 0.3) is 0 Å². The zero-order chi connectivity index (χ0) is 20.6. The number of halogens is 1. The molecule has 0 amide bonds. The van der Waals surface area contributed by atoms with Crippen molar-refractivity contribution in [1.82, 2.24) is 0 Å². The molecule has 0 aliphatic carbocycles. The van der Waals surface area contributed by atoms with Gasteiger partial charge in [-0.3, -0.25) is 0 Å². The summed E-state index contributed by atoms with van der Waals surface area (Å²) in [6.07, 6.45) is 0. The third-order valence-corrected chi connectivity index (χ3v) is 9.19. The Morgan fingerprint density at radius 3 is 1.11 bits per heavy atom. The van der Waals surface area contributed by atoms with Gasteiger partial charge in [-0.1, -0.05) is 89.2 Å². The van der Waals surface area contributed by atoms with Crippen LogP contribution in [-0.2, 0) is 20.1 Å². The fraction of sp³-hybridized carbons (Fsp3) is 0.727. The van der Waals surface area contributed by atoms with Gasteiger partial charge < -0.3 is 22.9 Å². The van der Waals surface area contributed by atoms with Gasteiger partial charge in [-0.05, 0) is 0 Å². The van der Waals surface area contributed by atoms with Crippen LogP contribution in [0, 0.1) is 6.07 Å². The first-order valence-electron chi connectivity index (χ1n) is 9.41. The molecule has 1 aromatic rings. The van der Waals surface area contributed by atoms with Gasteiger partial charge in [-0.25, -0.2) is 0 Å². The summed E-state index contributed by atoms with van der Waals surface area (Å²) < 4.78 is 12.9. The molecule has 0 spiro atoms. The van der Waals surface area contributed by atoms with Gasteiger partial charge in [-0.15, -0.1) is 12.1 Å². The molecule has 0 radical (unpaired) electrons. The van der Waals surface area contributed by atoms with E-state index in [2.05, 4.69) is 89.2 Å². The first kappa shape index (κ1) is 30.8. The van der Waals surface area contributed by atoms with Gasteiger partial charge in [-0.2, -0.15) is 6.07 Å². The van der Waals surface area contributed by atoms with Gasteiger partial charge in [0.15, 0.2) is 0 Å². The summed E-state index contributed by atoms with van der Waals surface area (Å²) in [5.41, 5.74) is 0. The normalized spacial score (nSPS) is 13.1. The number of hydrogen-bond donors (Lipinski definition) is 0. The van der Waals surface area contributed by atoms with Crippen LogP contribution in [0.1, 0.15) is 84.5 Å². The van der Waals surface area contributed by atoms with Gasteiger partial charge in [0.05, 0.1) is 16.3 Å². The Balaban J connectivity index is -0.00000225. The molecule has 0 atom stereocenters. The summed E-state index contributed by atoms with van der Waals surface area (Å²) in [4.78, 5) is 0. The van der Waals surface area contributed by atoms with E-state index in [1.165, 1.54) is 0 Å². The Labute approximate surface area is 198 Å². The summed E-state index contributed by atoms with van der Waals surface area (Å²) in [7, 11) is -1.36. The van der Waals surface area contributed by atoms with E-state index in [1.54, 1.807) is 0 Å². The standard InChI is InChI=1S/C22H39O2P2.ClH.Ir.H/c1-19(2,3)25(20(4,5)6)23-17-14-13-15-18(16-17)24-26(21(7,8)9)22(10,11)12;;;/h13-15H,1-12H3;1H;;/q-1;;+3;-1/p-1. The van der Waals surface area contributed by atoms with Crippen LogP contribution in [0.3, 0.4) is 0 Å². The zero-order valence-electron chi connectivity index (χ0n) is 20.7. The van der Waals surface area contributed by atoms with Crippen molar-refractivity contribution in [3.8, 4) is 11.5 Å². The molecule has 6 heteroatoms. The predicted molar refractivity (Wildman–Crippen MR) is 120 cm³/mol. The summed E-state index contributed by atoms with van der Waals surface area (Å²) in [6, 6.07) is 9.39. The van der Waals surface area contributed by atoms with E-state index in [4.69, 9.17) is 9.05 Å². The maximum atomic E-state index is 6.47. The van der Waals surface area contributed by atoms with Gasteiger partial charge in [0, 0.05) is 32.1 Å². The molecule has 0 aliphatic heterocycles. The molecule has 0 saturated carbocycles. The zero-order valence-corrected chi connectivity index (χ0v) is 24.6. The average molecular weight is 626 g/mol. The quantitative estimate of drug-likeness (QED) is 0.332. The number of rotatable bonds is 4. The van der Waals surface area contributed by atoms with E-state index >= 15 is 0 Å². The van der Waals surface area contributed by atoms with Gasteiger partial charge in [0.1, 0.15) is 0 Å². The van der Waals surface area contributed by atoms with Crippen molar-refractivity contribution in [3.63, 3.8) is 0 Å². The van der Waals surface area contributed by atoms with Gasteiger partial charge in [0.2, 0.25) is 0 Å². The van der Waals surface area contributed by atoms with Crippen molar-refractivity contribution >= 4 is 16.3 Å². The minimum absolute atomic E-state index is 0. The Kier molecular flexibility index (Phi) is 11.9. The smallest absolute Gasteiger partial charge is 1.00 e. The van der Waals surface area contributed by atoms with Crippen molar-refractivity contribution in [2.75, 3.05) is 0 Å². The Morgan fingerprint density at radius 2 is 0.893 bits per heavy atom. The van der Waals surface area contributed by atoms with Crippen molar-refractivity contribution < 1.29 is 43.0 Å². The molecule has 0 bridgehead atoms. The molecule has 28 heavy (non-hydrogen) atoms. The molecular formula is C22H40ClIrO2P2. The molecule has 2 nitrogen and oxygen atoms in total. The maximum Gasteiger partial charge on any atom is 3.00 e. The summed E-state index contributed by atoms with van der Waals surface area (Å²) in [6.45, 7) is 27.0. The minimum atomic E-state index is -0.678. The summed E-state index contributed by atoms with van der Waals surface area (Å²) in [5, 5.41) is 0.396. The Bertz CT molecular complexity index is 525. The van der Waals surface area contributed by atoms with Crippen LogP contribution in [0.2, 0.25) is 0 Å². The second-order valence-electron chi connectivity index (χ2n) is 10.8. The van der Waals surface area contributed by atoms with Crippen molar-refractivity contribution in [3.05, 3.63) is 24.3 Å². The van der Waals surface area contributed by atoms with E-state index in [0.29, 0.717) is 0 Å². The van der Waals surface area contributed by atoms with Crippen molar-refractivity contribution in [2.45, 2.75) is 104 Å². The molecular weight excluding hydrogens is 586 g/mol. The first-order chi connectivity index (χ1) is 11.4. The van der Waals surface area contributed by atoms with Crippen molar-refractivity contribution in [2.24, 2.45) is 0 Å². The third-order valence-electron chi connectivity index (χ3n) is 3.56. The molecule has 0 aromatic heterocycles. The molecule has 1 rings (SSSR count). The molecule has 0 fully saturated rings. The second kappa shape index (κ2) is 10.8. The first-order valence-corrected chi connectivity index (χ1v) is 11.9. The second-order valence-corrected chi connectivity index (χ2v) is 17.7. The topological polar surface area (TPSA) is 18.5 Å². The molecule has 0 unspecified atom stereocenters. The van der Waals surface area contributed by atoms with Crippen LogP contribution in [0.25, 0.3) is 0 Å². The fourth-order valence-corrected chi connectivity index (χ4v) is 9.02. The average Bonchev–Trinajstić information content (AvgIpc) is 2.37. The largest absolute Gasteiger partial charge is 3.00 e. The Hall–Kier alpha value is 0.619. The number of hydrogen-bond acceptors (Lipinski definition) is 2. The van der Waals surface area contributed by atoms with Crippen LogP contribution >= 0.6 is 16.3 Å². The van der Waals surface area contributed by atoms with E-state index in [0.717, 1.165) is 11.5 Å². The molecule has 166 valence electrons. The van der Waals surface area contributed by atoms with Crippen LogP contribution in [0.15, 0.2) is 18.2 Å². The summed E-state index contributed by atoms with van der Waals surface area (Å²) >= 11 is 0. The predicted octanol–water partition coefficient (Wildman–Crippen LogP) is 5.35. The summed E-state index contributed by atoms with van der Waals surface area (Å²) in [5.74, 6) is 1.58. The third kappa shape index (κ3) is 9.62. The maximum absolute atomic E-state index is 6.47. The van der Waals surface area contributed by atoms with E-state index in [1.807, 2.05) is 18.2 Å². The fourth-order valence-electron chi connectivity index (χ4n) is 3.29. The minimum Gasteiger partial charge on any atom is -1.00 e. The van der Waals surface area contributed by atoms with Crippen LogP contribution in [0.4, 0.5) is 0 Å².